The zero-order chi connectivity index (χ0) is 19.3. The zero-order valence-electron chi connectivity index (χ0n) is 16.5. The monoisotopic (exact) mass is 399 g/mol. The van der Waals surface area contributed by atoms with Crippen LogP contribution in [0.2, 0.25) is 0 Å². The topological polar surface area (TPSA) is 52.7 Å². The number of benzene rings is 1. The Morgan fingerprint density at radius 2 is 1.93 bits per heavy atom. The van der Waals surface area contributed by atoms with E-state index >= 15 is 0 Å². The van der Waals surface area contributed by atoms with Gasteiger partial charge in [-0.15, -0.1) is 0 Å². The van der Waals surface area contributed by atoms with Gasteiger partial charge in [-0.25, -0.2) is 4.98 Å². The lowest BCUT2D eigenvalue weighted by Gasteiger charge is -2.26. The second kappa shape index (κ2) is 9.03. The number of ether oxygens (including phenoxy) is 1. The molecule has 1 aromatic carbocycles. The van der Waals surface area contributed by atoms with Crippen LogP contribution in [0.5, 0.6) is 0 Å². The maximum absolute atomic E-state index is 5.46. The average Bonchev–Trinajstić information content (AvgIpc) is 3.24. The van der Waals surface area contributed by atoms with E-state index in [2.05, 4.69) is 51.6 Å². The summed E-state index contributed by atoms with van der Waals surface area (Å²) < 4.78 is 5.38. The first-order chi connectivity index (χ1) is 13.7. The van der Waals surface area contributed by atoms with Crippen LogP contribution in [0.25, 0.3) is 10.9 Å². The molecule has 2 aliphatic rings. The van der Waals surface area contributed by atoms with Crippen molar-refractivity contribution in [3.63, 3.8) is 0 Å². The van der Waals surface area contributed by atoms with Crippen molar-refractivity contribution in [1.29, 1.82) is 0 Å². The van der Waals surface area contributed by atoms with E-state index < -0.39 is 0 Å². The number of nitrogens with one attached hydrogen (secondary N) is 2. The highest BCUT2D eigenvalue weighted by atomic mass is 32.1. The molecule has 0 amide bonds. The molecular formula is C21H29N5OS. The van der Waals surface area contributed by atoms with Crippen LogP contribution >= 0.6 is 12.2 Å². The molecule has 6 nitrogen and oxygen atoms in total. The predicted molar refractivity (Wildman–Crippen MR) is 119 cm³/mol. The Hall–Kier alpha value is -1.96. The van der Waals surface area contributed by atoms with Crippen LogP contribution in [0.1, 0.15) is 18.4 Å². The first kappa shape index (κ1) is 19.4. The smallest absolute Gasteiger partial charge is 0.170 e. The van der Waals surface area contributed by atoms with Gasteiger partial charge in [0.1, 0.15) is 5.82 Å². The van der Waals surface area contributed by atoms with Crippen molar-refractivity contribution < 1.29 is 4.74 Å². The van der Waals surface area contributed by atoms with E-state index in [0.717, 1.165) is 69.5 Å². The third kappa shape index (κ3) is 4.71. The molecule has 0 atom stereocenters. The molecule has 4 rings (SSSR count). The average molecular weight is 400 g/mol. The van der Waals surface area contributed by atoms with Crippen molar-refractivity contribution in [2.24, 2.45) is 0 Å². The van der Waals surface area contributed by atoms with E-state index in [0.29, 0.717) is 5.11 Å². The molecule has 3 heterocycles. The van der Waals surface area contributed by atoms with Crippen LogP contribution in [0.4, 0.5) is 11.5 Å². The standard InChI is InChI=1S/C21H29N5OS/c1-16-14-20(26-7-2-3-8-26)24-19-5-4-17(15-18(16)19)23-21(28)22-6-9-25-10-12-27-13-11-25/h4-5,14-15H,2-3,6-13H2,1H3,(H2,22,23,28). The number of aromatic nitrogens is 1. The molecule has 2 aliphatic heterocycles. The van der Waals surface area contributed by atoms with Gasteiger partial charge >= 0.3 is 0 Å². The molecule has 2 fully saturated rings. The Kier molecular flexibility index (Phi) is 6.24. The minimum Gasteiger partial charge on any atom is -0.379 e. The van der Waals surface area contributed by atoms with Crippen molar-refractivity contribution in [2.75, 3.05) is 62.7 Å². The van der Waals surface area contributed by atoms with Gasteiger partial charge in [0.25, 0.3) is 0 Å². The molecule has 0 aliphatic carbocycles. The number of anilines is 2. The summed E-state index contributed by atoms with van der Waals surface area (Å²) in [4.78, 5) is 9.65. The molecule has 28 heavy (non-hydrogen) atoms. The summed E-state index contributed by atoms with van der Waals surface area (Å²) in [6.45, 7) is 9.84. The van der Waals surface area contributed by atoms with Crippen molar-refractivity contribution >= 4 is 39.7 Å². The van der Waals surface area contributed by atoms with Gasteiger partial charge < -0.3 is 20.3 Å². The summed E-state index contributed by atoms with van der Waals surface area (Å²) in [6.07, 6.45) is 2.52. The molecular weight excluding hydrogens is 370 g/mol. The van der Waals surface area contributed by atoms with E-state index in [-0.39, 0.29) is 0 Å². The van der Waals surface area contributed by atoms with Gasteiger partial charge in [-0.05, 0) is 61.8 Å². The largest absolute Gasteiger partial charge is 0.379 e. The van der Waals surface area contributed by atoms with Crippen molar-refractivity contribution in [2.45, 2.75) is 19.8 Å². The highest BCUT2D eigenvalue weighted by molar-refractivity contribution is 7.80. The fourth-order valence-corrected chi connectivity index (χ4v) is 4.11. The normalized spacial score (nSPS) is 17.8. The molecule has 0 saturated carbocycles. The van der Waals surface area contributed by atoms with Crippen LogP contribution in [0.15, 0.2) is 24.3 Å². The van der Waals surface area contributed by atoms with E-state index in [9.17, 15) is 0 Å². The van der Waals surface area contributed by atoms with Gasteiger partial charge in [0.15, 0.2) is 5.11 Å². The predicted octanol–water partition coefficient (Wildman–Crippen LogP) is 2.76. The lowest BCUT2D eigenvalue weighted by molar-refractivity contribution is 0.0389. The van der Waals surface area contributed by atoms with E-state index in [1.807, 2.05) is 0 Å². The number of hydrogen-bond acceptors (Lipinski definition) is 5. The second-order valence-electron chi connectivity index (χ2n) is 7.56. The number of pyridine rings is 1. The number of fused-ring (bicyclic) bond motifs is 1. The maximum atomic E-state index is 5.46. The Bertz CT molecular complexity index is 831. The minimum absolute atomic E-state index is 0.659. The summed E-state index contributed by atoms with van der Waals surface area (Å²) in [7, 11) is 0. The van der Waals surface area contributed by atoms with Crippen molar-refractivity contribution in [3.05, 3.63) is 29.8 Å². The molecule has 0 unspecified atom stereocenters. The number of hydrogen-bond donors (Lipinski definition) is 2. The molecule has 2 N–H and O–H groups in total. The van der Waals surface area contributed by atoms with Crippen molar-refractivity contribution in [1.82, 2.24) is 15.2 Å². The molecule has 150 valence electrons. The van der Waals surface area contributed by atoms with E-state index in [4.69, 9.17) is 21.9 Å². The summed E-state index contributed by atoms with van der Waals surface area (Å²) in [5.74, 6) is 1.10. The van der Waals surface area contributed by atoms with Crippen molar-refractivity contribution in [3.8, 4) is 0 Å². The van der Waals surface area contributed by atoms with Gasteiger partial charge in [0.05, 0.1) is 18.7 Å². The Balaban J connectivity index is 1.36. The van der Waals surface area contributed by atoms with Gasteiger partial charge in [-0.2, -0.15) is 0 Å². The lowest BCUT2D eigenvalue weighted by Crippen LogP contribution is -2.42. The molecule has 0 radical (unpaired) electrons. The van der Waals surface area contributed by atoms with Gasteiger partial charge in [-0.3, -0.25) is 4.90 Å². The molecule has 2 saturated heterocycles. The maximum Gasteiger partial charge on any atom is 0.170 e. The Morgan fingerprint density at radius 3 is 2.71 bits per heavy atom. The lowest BCUT2D eigenvalue weighted by atomic mass is 10.1. The first-order valence-electron chi connectivity index (χ1n) is 10.2. The second-order valence-corrected chi connectivity index (χ2v) is 7.97. The summed E-state index contributed by atoms with van der Waals surface area (Å²) in [5, 5.41) is 8.44. The number of morpholine rings is 1. The van der Waals surface area contributed by atoms with E-state index in [1.165, 1.54) is 23.8 Å². The highest BCUT2D eigenvalue weighted by Crippen LogP contribution is 2.27. The van der Waals surface area contributed by atoms with Crippen LogP contribution in [0.3, 0.4) is 0 Å². The van der Waals surface area contributed by atoms with Gasteiger partial charge in [0.2, 0.25) is 0 Å². The summed E-state index contributed by atoms with van der Waals surface area (Å²) in [6, 6.07) is 8.48. The fourth-order valence-electron chi connectivity index (χ4n) is 3.89. The summed E-state index contributed by atoms with van der Waals surface area (Å²) in [5.41, 5.74) is 3.29. The van der Waals surface area contributed by atoms with Crippen LogP contribution in [-0.2, 0) is 4.74 Å². The number of aryl methyl sites for hydroxylation is 1. The molecule has 1 aromatic heterocycles. The van der Waals surface area contributed by atoms with Crippen LogP contribution in [0, 0.1) is 6.92 Å². The SMILES string of the molecule is Cc1cc(N2CCCC2)nc2ccc(NC(=S)NCCN3CCOCC3)cc12. The Labute approximate surface area is 172 Å². The molecule has 0 bridgehead atoms. The Morgan fingerprint density at radius 1 is 1.14 bits per heavy atom. The number of nitrogens with zero attached hydrogens (tertiary/aromatic N) is 3. The van der Waals surface area contributed by atoms with E-state index in [1.54, 1.807) is 0 Å². The number of thiocarbonyl (C=S) groups is 1. The minimum atomic E-state index is 0.659. The van der Waals surface area contributed by atoms with Crippen LogP contribution in [-0.4, -0.2) is 67.5 Å². The quantitative estimate of drug-likeness (QED) is 0.750. The third-order valence-corrected chi connectivity index (χ3v) is 5.75. The zero-order valence-corrected chi connectivity index (χ0v) is 17.4. The molecule has 2 aromatic rings. The molecule has 0 spiro atoms. The fraction of sp³-hybridized carbons (Fsp3) is 0.524. The van der Waals surface area contributed by atoms with Crippen LogP contribution < -0.4 is 15.5 Å². The van der Waals surface area contributed by atoms with Gasteiger partial charge in [-0.1, -0.05) is 0 Å². The third-order valence-electron chi connectivity index (χ3n) is 5.51. The first-order valence-corrected chi connectivity index (χ1v) is 10.6. The summed E-state index contributed by atoms with van der Waals surface area (Å²) >= 11 is 5.46. The molecule has 7 heteroatoms. The highest BCUT2D eigenvalue weighted by Gasteiger charge is 2.15. The number of rotatable bonds is 5. The van der Waals surface area contributed by atoms with Gasteiger partial charge in [0, 0.05) is 50.3 Å².